The van der Waals surface area contributed by atoms with Crippen LogP contribution < -0.4 is 0 Å². The molecule has 2 heteroatoms. The Balaban J connectivity index is 1.91. The number of hydrogen-bond acceptors (Lipinski definition) is 2. The molecule has 2 nitrogen and oxygen atoms in total. The number of rotatable bonds is 2. The van der Waals surface area contributed by atoms with Crippen LogP contribution in [0.2, 0.25) is 0 Å². The van der Waals surface area contributed by atoms with E-state index in [9.17, 15) is 4.79 Å². The summed E-state index contributed by atoms with van der Waals surface area (Å²) in [5, 5.41) is 0. The second-order valence-electron chi connectivity index (χ2n) is 5.10. The molecule has 0 aliphatic heterocycles. The second kappa shape index (κ2) is 5.51. The molecule has 0 spiro atoms. The summed E-state index contributed by atoms with van der Waals surface area (Å²) in [6.07, 6.45) is 10.9. The van der Waals surface area contributed by atoms with Gasteiger partial charge in [-0.2, -0.15) is 0 Å². The summed E-state index contributed by atoms with van der Waals surface area (Å²) in [6, 6.07) is 0. The first-order chi connectivity index (χ1) is 7.79. The topological polar surface area (TPSA) is 26.3 Å². The molecule has 2 fully saturated rings. The molecule has 2 aliphatic rings. The standard InChI is InChI=1S/C14H22O2/c1-2-16-14(15)10-11-7-8-12-5-3-4-6-13(12)9-11/h10,12-13H,2-9H2,1H3/b11-10-. The third-order valence-corrected chi connectivity index (χ3v) is 4.04. The van der Waals surface area contributed by atoms with E-state index < -0.39 is 0 Å². The Morgan fingerprint density at radius 3 is 2.81 bits per heavy atom. The molecule has 0 aromatic heterocycles. The highest BCUT2D eigenvalue weighted by Crippen LogP contribution is 2.42. The van der Waals surface area contributed by atoms with Crippen molar-refractivity contribution >= 4 is 5.97 Å². The van der Waals surface area contributed by atoms with Crippen molar-refractivity contribution in [1.29, 1.82) is 0 Å². The van der Waals surface area contributed by atoms with Gasteiger partial charge >= 0.3 is 5.97 Å². The van der Waals surface area contributed by atoms with Crippen molar-refractivity contribution in [2.24, 2.45) is 11.8 Å². The van der Waals surface area contributed by atoms with E-state index in [1.54, 1.807) is 6.08 Å². The van der Waals surface area contributed by atoms with E-state index >= 15 is 0 Å². The molecule has 2 rings (SSSR count). The molecule has 0 radical (unpaired) electrons. The van der Waals surface area contributed by atoms with Crippen molar-refractivity contribution in [3.63, 3.8) is 0 Å². The number of carbonyl (C=O) groups is 1. The van der Waals surface area contributed by atoms with Gasteiger partial charge in [-0.1, -0.05) is 24.8 Å². The van der Waals surface area contributed by atoms with E-state index in [1.807, 2.05) is 6.92 Å². The van der Waals surface area contributed by atoms with Gasteiger partial charge in [0.25, 0.3) is 0 Å². The number of fused-ring (bicyclic) bond motifs is 1. The molecular weight excluding hydrogens is 200 g/mol. The van der Waals surface area contributed by atoms with Gasteiger partial charge in [-0.05, 0) is 44.4 Å². The first kappa shape index (κ1) is 11.7. The SMILES string of the molecule is CCOC(=O)/C=C1/CCC2CCCCC2C1. The fourth-order valence-corrected chi connectivity index (χ4v) is 3.22. The van der Waals surface area contributed by atoms with Crippen LogP contribution in [0.5, 0.6) is 0 Å². The lowest BCUT2D eigenvalue weighted by Gasteiger charge is -2.36. The quantitative estimate of drug-likeness (QED) is 0.528. The highest BCUT2D eigenvalue weighted by Gasteiger charge is 2.29. The van der Waals surface area contributed by atoms with Crippen LogP contribution in [0.3, 0.4) is 0 Å². The van der Waals surface area contributed by atoms with Crippen LogP contribution in [0.25, 0.3) is 0 Å². The van der Waals surface area contributed by atoms with Crippen molar-refractivity contribution in [2.75, 3.05) is 6.61 Å². The average molecular weight is 222 g/mol. The predicted molar refractivity (Wildman–Crippen MR) is 64.0 cm³/mol. The van der Waals surface area contributed by atoms with Crippen molar-refractivity contribution < 1.29 is 9.53 Å². The normalized spacial score (nSPS) is 32.2. The molecule has 2 saturated carbocycles. The summed E-state index contributed by atoms with van der Waals surface area (Å²) in [5.41, 5.74) is 1.32. The van der Waals surface area contributed by atoms with Gasteiger partial charge in [-0.3, -0.25) is 0 Å². The van der Waals surface area contributed by atoms with Crippen molar-refractivity contribution in [3.05, 3.63) is 11.6 Å². The first-order valence-electron chi connectivity index (χ1n) is 6.65. The molecule has 0 N–H and O–H groups in total. The fourth-order valence-electron chi connectivity index (χ4n) is 3.22. The predicted octanol–water partition coefficient (Wildman–Crippen LogP) is 3.47. The molecule has 0 aromatic rings. The smallest absolute Gasteiger partial charge is 0.330 e. The monoisotopic (exact) mass is 222 g/mol. The molecule has 0 bridgehead atoms. The van der Waals surface area contributed by atoms with Gasteiger partial charge in [-0.25, -0.2) is 4.79 Å². The minimum atomic E-state index is -0.147. The highest BCUT2D eigenvalue weighted by atomic mass is 16.5. The van der Waals surface area contributed by atoms with Gasteiger partial charge in [0.2, 0.25) is 0 Å². The Morgan fingerprint density at radius 1 is 1.31 bits per heavy atom. The maximum Gasteiger partial charge on any atom is 0.330 e. The van der Waals surface area contributed by atoms with Crippen LogP contribution in [-0.2, 0) is 9.53 Å². The molecule has 2 aliphatic carbocycles. The van der Waals surface area contributed by atoms with Crippen LogP contribution in [-0.4, -0.2) is 12.6 Å². The lowest BCUT2D eigenvalue weighted by molar-refractivity contribution is -0.137. The summed E-state index contributed by atoms with van der Waals surface area (Å²) < 4.78 is 4.97. The zero-order valence-corrected chi connectivity index (χ0v) is 10.2. The van der Waals surface area contributed by atoms with E-state index in [2.05, 4.69) is 0 Å². The van der Waals surface area contributed by atoms with Crippen LogP contribution >= 0.6 is 0 Å². The molecule has 90 valence electrons. The van der Waals surface area contributed by atoms with Gasteiger partial charge in [0.1, 0.15) is 0 Å². The zero-order chi connectivity index (χ0) is 11.4. The summed E-state index contributed by atoms with van der Waals surface area (Å²) in [5.74, 6) is 1.64. The fraction of sp³-hybridized carbons (Fsp3) is 0.786. The number of allylic oxidation sites excluding steroid dienone is 1. The number of esters is 1. The molecule has 0 aromatic carbocycles. The molecule has 2 unspecified atom stereocenters. The van der Waals surface area contributed by atoms with E-state index in [0.29, 0.717) is 6.61 Å². The Morgan fingerprint density at radius 2 is 2.06 bits per heavy atom. The van der Waals surface area contributed by atoms with E-state index in [-0.39, 0.29) is 5.97 Å². The minimum Gasteiger partial charge on any atom is -0.463 e. The van der Waals surface area contributed by atoms with Gasteiger partial charge < -0.3 is 4.74 Å². The second-order valence-corrected chi connectivity index (χ2v) is 5.10. The van der Waals surface area contributed by atoms with Crippen LogP contribution in [0.1, 0.15) is 51.9 Å². The number of carbonyl (C=O) groups excluding carboxylic acids is 1. The molecule has 2 atom stereocenters. The van der Waals surface area contributed by atoms with Crippen molar-refractivity contribution in [1.82, 2.24) is 0 Å². The molecule has 0 saturated heterocycles. The van der Waals surface area contributed by atoms with Gasteiger partial charge in [0.05, 0.1) is 6.61 Å². The van der Waals surface area contributed by atoms with Crippen molar-refractivity contribution in [2.45, 2.75) is 51.9 Å². The summed E-state index contributed by atoms with van der Waals surface area (Å²) in [6.45, 7) is 2.34. The lowest BCUT2D eigenvalue weighted by Crippen LogP contribution is -2.24. The third kappa shape index (κ3) is 2.87. The maximum absolute atomic E-state index is 11.4. The number of ether oxygens (including phenoxy) is 1. The average Bonchev–Trinajstić information content (AvgIpc) is 2.29. The van der Waals surface area contributed by atoms with Crippen molar-refractivity contribution in [3.8, 4) is 0 Å². The maximum atomic E-state index is 11.4. The zero-order valence-electron chi connectivity index (χ0n) is 10.2. The Hall–Kier alpha value is -0.790. The molecule has 0 heterocycles. The third-order valence-electron chi connectivity index (χ3n) is 4.04. The van der Waals surface area contributed by atoms with Gasteiger partial charge in [-0.15, -0.1) is 0 Å². The summed E-state index contributed by atoms with van der Waals surface area (Å²) in [7, 11) is 0. The molecule has 16 heavy (non-hydrogen) atoms. The molecular formula is C14H22O2. The van der Waals surface area contributed by atoms with Gasteiger partial charge in [0, 0.05) is 6.08 Å². The van der Waals surface area contributed by atoms with E-state index in [1.165, 1.54) is 37.7 Å². The minimum absolute atomic E-state index is 0.147. The first-order valence-corrected chi connectivity index (χ1v) is 6.65. The highest BCUT2D eigenvalue weighted by molar-refractivity contribution is 5.82. The Kier molecular flexibility index (Phi) is 4.03. The largest absolute Gasteiger partial charge is 0.463 e. The van der Waals surface area contributed by atoms with Crippen LogP contribution in [0, 0.1) is 11.8 Å². The Bertz CT molecular complexity index is 280. The summed E-state index contributed by atoms with van der Waals surface area (Å²) >= 11 is 0. The Labute approximate surface area is 98.1 Å². The molecule has 0 amide bonds. The van der Waals surface area contributed by atoms with Gasteiger partial charge in [0.15, 0.2) is 0 Å². The van der Waals surface area contributed by atoms with Crippen LogP contribution in [0.15, 0.2) is 11.6 Å². The number of hydrogen-bond donors (Lipinski definition) is 0. The van der Waals surface area contributed by atoms with E-state index in [4.69, 9.17) is 4.74 Å². The van der Waals surface area contributed by atoms with E-state index in [0.717, 1.165) is 24.7 Å². The lowest BCUT2D eigenvalue weighted by atomic mass is 9.69. The van der Waals surface area contributed by atoms with Crippen LogP contribution in [0.4, 0.5) is 0 Å². The summed E-state index contributed by atoms with van der Waals surface area (Å²) in [4.78, 5) is 11.4.